The molecule has 0 spiro atoms. The summed E-state index contributed by atoms with van der Waals surface area (Å²) < 4.78 is 0. The van der Waals surface area contributed by atoms with Gasteiger partial charge in [0.25, 0.3) is 0 Å². The number of thioether (sulfide) groups is 1. The molecule has 2 aromatic carbocycles. The highest BCUT2D eigenvalue weighted by Gasteiger charge is 2.02. The minimum Gasteiger partial charge on any atom is -0.362 e. The van der Waals surface area contributed by atoms with Gasteiger partial charge in [0.15, 0.2) is 5.11 Å². The van der Waals surface area contributed by atoms with Crippen molar-refractivity contribution in [3.05, 3.63) is 64.7 Å². The van der Waals surface area contributed by atoms with Crippen LogP contribution in [0.2, 0.25) is 5.02 Å². The number of thiocarbonyl (C=S) groups is 1. The van der Waals surface area contributed by atoms with Crippen LogP contribution < -0.4 is 10.6 Å². The molecule has 0 unspecified atom stereocenters. The molecule has 0 bridgehead atoms. The van der Waals surface area contributed by atoms with E-state index in [0.29, 0.717) is 11.0 Å². The molecule has 0 fully saturated rings. The molecule has 2 nitrogen and oxygen atoms in total. The fourth-order valence-corrected chi connectivity index (χ4v) is 3.53. The number of halogens is 1. The summed E-state index contributed by atoms with van der Waals surface area (Å²) in [5.41, 5.74) is 3.52. The van der Waals surface area contributed by atoms with E-state index in [4.69, 9.17) is 23.8 Å². The fraction of sp³-hybridized carbons (Fsp3) is 0.316. The van der Waals surface area contributed by atoms with E-state index in [0.717, 1.165) is 28.8 Å². The topological polar surface area (TPSA) is 24.1 Å². The maximum Gasteiger partial charge on any atom is 0.170 e. The third-order valence-corrected chi connectivity index (χ3v) is 5.21. The minimum atomic E-state index is 0.541. The molecule has 0 aliphatic carbocycles. The van der Waals surface area contributed by atoms with Gasteiger partial charge in [0.1, 0.15) is 0 Å². The fourth-order valence-electron chi connectivity index (χ4n) is 2.16. The number of nitrogens with one attached hydrogen (secondary N) is 2. The first-order valence-corrected chi connectivity index (χ1v) is 9.96. The molecule has 2 N–H and O–H groups in total. The van der Waals surface area contributed by atoms with Crippen LogP contribution in [0.25, 0.3) is 0 Å². The number of hydrogen-bond acceptors (Lipinski definition) is 2. The molecule has 0 aliphatic heterocycles. The zero-order valence-electron chi connectivity index (χ0n) is 14.0. The van der Waals surface area contributed by atoms with Crippen LogP contribution in [0.4, 0.5) is 5.69 Å². The molecule has 2 aromatic rings. The lowest BCUT2D eigenvalue weighted by molar-refractivity contribution is 0.867. The van der Waals surface area contributed by atoms with Crippen LogP contribution in [0.3, 0.4) is 0 Å². The second kappa shape index (κ2) is 9.92. The predicted molar refractivity (Wildman–Crippen MR) is 112 cm³/mol. The van der Waals surface area contributed by atoms with E-state index < -0.39 is 0 Å². The van der Waals surface area contributed by atoms with Crippen molar-refractivity contribution in [1.82, 2.24) is 5.32 Å². The molecule has 5 heteroatoms. The van der Waals surface area contributed by atoms with Crippen molar-refractivity contribution >= 4 is 46.4 Å². The molecular weight excluding hydrogens is 356 g/mol. The van der Waals surface area contributed by atoms with Crippen molar-refractivity contribution in [3.8, 4) is 0 Å². The zero-order chi connectivity index (χ0) is 17.4. The molecule has 128 valence electrons. The summed E-state index contributed by atoms with van der Waals surface area (Å²) >= 11 is 13.3. The normalized spacial score (nSPS) is 10.7. The van der Waals surface area contributed by atoms with Gasteiger partial charge in [-0.1, -0.05) is 55.8 Å². The van der Waals surface area contributed by atoms with Crippen LogP contribution >= 0.6 is 35.6 Å². The van der Waals surface area contributed by atoms with Gasteiger partial charge in [-0.25, -0.2) is 0 Å². The molecule has 0 saturated heterocycles. The van der Waals surface area contributed by atoms with Crippen LogP contribution in [0.5, 0.6) is 0 Å². The highest BCUT2D eigenvalue weighted by atomic mass is 35.5. The van der Waals surface area contributed by atoms with Crippen LogP contribution in [0.15, 0.2) is 48.5 Å². The molecule has 2 rings (SSSR count). The summed E-state index contributed by atoms with van der Waals surface area (Å²) in [6.07, 6.45) is 0. The summed E-state index contributed by atoms with van der Waals surface area (Å²) in [6, 6.07) is 16.4. The van der Waals surface area contributed by atoms with E-state index in [-0.39, 0.29) is 0 Å². The maximum absolute atomic E-state index is 6.15. The van der Waals surface area contributed by atoms with Crippen molar-refractivity contribution in [2.24, 2.45) is 0 Å². The van der Waals surface area contributed by atoms with E-state index in [9.17, 15) is 0 Å². The van der Waals surface area contributed by atoms with E-state index in [1.807, 2.05) is 30.0 Å². The van der Waals surface area contributed by atoms with Crippen molar-refractivity contribution < 1.29 is 0 Å². The van der Waals surface area contributed by atoms with Crippen molar-refractivity contribution in [1.29, 1.82) is 0 Å². The zero-order valence-corrected chi connectivity index (χ0v) is 16.4. The Kier molecular flexibility index (Phi) is 7.89. The third-order valence-electron chi connectivity index (χ3n) is 3.58. The minimum absolute atomic E-state index is 0.541. The van der Waals surface area contributed by atoms with Crippen LogP contribution in [0, 0.1) is 0 Å². The molecular formula is C19H23ClN2S2. The average Bonchev–Trinajstić information content (AvgIpc) is 2.56. The van der Waals surface area contributed by atoms with E-state index in [1.54, 1.807) is 0 Å². The molecule has 24 heavy (non-hydrogen) atoms. The molecule has 0 saturated carbocycles. The van der Waals surface area contributed by atoms with E-state index in [2.05, 4.69) is 54.8 Å². The Morgan fingerprint density at radius 3 is 2.50 bits per heavy atom. The van der Waals surface area contributed by atoms with Gasteiger partial charge in [0, 0.05) is 28.8 Å². The Bertz CT molecular complexity index is 657. The molecule has 0 aliphatic rings. The molecule has 0 amide bonds. The molecule has 0 radical (unpaired) electrons. The second-order valence-electron chi connectivity index (χ2n) is 5.80. The first-order chi connectivity index (χ1) is 11.6. The van der Waals surface area contributed by atoms with Crippen LogP contribution in [-0.2, 0) is 5.75 Å². The van der Waals surface area contributed by atoms with Gasteiger partial charge in [-0.2, -0.15) is 11.8 Å². The lowest BCUT2D eigenvalue weighted by atomic mass is 10.0. The van der Waals surface area contributed by atoms with Gasteiger partial charge in [-0.05, 0) is 47.5 Å². The average molecular weight is 379 g/mol. The number of hydrogen-bond donors (Lipinski definition) is 2. The standard InChI is InChI=1S/C19H23ClN2S2/c1-14(2)15-7-9-17(10-8-15)22-19(23)21-11-12-24-13-16-5-3-4-6-18(16)20/h3-10,14H,11-13H2,1-2H3,(H2,21,22,23). The maximum atomic E-state index is 6.15. The van der Waals surface area contributed by atoms with Crippen molar-refractivity contribution in [3.63, 3.8) is 0 Å². The summed E-state index contributed by atoms with van der Waals surface area (Å²) in [5, 5.41) is 7.94. The number of rotatable bonds is 7. The van der Waals surface area contributed by atoms with Gasteiger partial charge >= 0.3 is 0 Å². The predicted octanol–water partition coefficient (Wildman–Crippen LogP) is 5.68. The smallest absolute Gasteiger partial charge is 0.170 e. The van der Waals surface area contributed by atoms with E-state index in [1.165, 1.54) is 11.1 Å². The second-order valence-corrected chi connectivity index (χ2v) is 7.72. The van der Waals surface area contributed by atoms with Gasteiger partial charge in [-0.3, -0.25) is 0 Å². The molecule has 0 atom stereocenters. The Hall–Kier alpha value is -1.23. The highest BCUT2D eigenvalue weighted by Crippen LogP contribution is 2.20. The third kappa shape index (κ3) is 6.34. The Labute approximate surface area is 159 Å². The van der Waals surface area contributed by atoms with Gasteiger partial charge in [0.05, 0.1) is 0 Å². The van der Waals surface area contributed by atoms with Crippen LogP contribution in [0.1, 0.15) is 30.9 Å². The SMILES string of the molecule is CC(C)c1ccc(NC(=S)NCCSCc2ccccc2Cl)cc1. The lowest BCUT2D eigenvalue weighted by Gasteiger charge is -2.12. The Balaban J connectivity index is 1.65. The molecule has 0 heterocycles. The number of anilines is 1. The lowest BCUT2D eigenvalue weighted by Crippen LogP contribution is -2.30. The summed E-state index contributed by atoms with van der Waals surface area (Å²) in [4.78, 5) is 0. The largest absolute Gasteiger partial charge is 0.362 e. The number of benzene rings is 2. The first kappa shape index (κ1) is 19.1. The first-order valence-electron chi connectivity index (χ1n) is 8.02. The van der Waals surface area contributed by atoms with Gasteiger partial charge < -0.3 is 10.6 Å². The highest BCUT2D eigenvalue weighted by molar-refractivity contribution is 7.98. The Morgan fingerprint density at radius 2 is 1.83 bits per heavy atom. The Morgan fingerprint density at radius 1 is 1.12 bits per heavy atom. The van der Waals surface area contributed by atoms with Gasteiger partial charge in [0.2, 0.25) is 0 Å². The van der Waals surface area contributed by atoms with Gasteiger partial charge in [-0.15, -0.1) is 0 Å². The molecule has 0 aromatic heterocycles. The summed E-state index contributed by atoms with van der Waals surface area (Å²) in [5.74, 6) is 2.43. The summed E-state index contributed by atoms with van der Waals surface area (Å²) in [7, 11) is 0. The quantitative estimate of drug-likeness (QED) is 0.477. The van der Waals surface area contributed by atoms with Crippen LogP contribution in [-0.4, -0.2) is 17.4 Å². The monoisotopic (exact) mass is 378 g/mol. The van der Waals surface area contributed by atoms with Crippen molar-refractivity contribution in [2.45, 2.75) is 25.5 Å². The van der Waals surface area contributed by atoms with Crippen molar-refractivity contribution in [2.75, 3.05) is 17.6 Å². The van der Waals surface area contributed by atoms with E-state index >= 15 is 0 Å². The summed E-state index contributed by atoms with van der Waals surface area (Å²) in [6.45, 7) is 5.20.